The lowest BCUT2D eigenvalue weighted by Gasteiger charge is -2.30. The molecule has 0 radical (unpaired) electrons. The quantitative estimate of drug-likeness (QED) is 0.668. The third-order valence-electron chi connectivity index (χ3n) is 5.22. The first-order valence-corrected chi connectivity index (χ1v) is 9.93. The van der Waals surface area contributed by atoms with Crippen molar-refractivity contribution >= 4 is 23.3 Å². The molecule has 0 amide bonds. The molecule has 0 spiro atoms. The molecule has 1 aliphatic rings. The lowest BCUT2D eigenvalue weighted by Crippen LogP contribution is -2.31. The SMILES string of the molecule is Cc1ccc(Nc2nc(N)c(-c3ccc(C)cc3)c(N3CCCCC3)n2)cc1. The predicted molar refractivity (Wildman–Crippen MR) is 117 cm³/mol. The minimum absolute atomic E-state index is 0.508. The van der Waals surface area contributed by atoms with E-state index < -0.39 is 0 Å². The first kappa shape index (κ1) is 18.3. The molecule has 0 aliphatic carbocycles. The highest BCUT2D eigenvalue weighted by molar-refractivity contribution is 5.85. The van der Waals surface area contributed by atoms with Crippen LogP contribution in [0.25, 0.3) is 11.1 Å². The van der Waals surface area contributed by atoms with E-state index in [1.54, 1.807) is 0 Å². The van der Waals surface area contributed by atoms with E-state index in [4.69, 9.17) is 10.7 Å². The van der Waals surface area contributed by atoms with Gasteiger partial charge < -0.3 is 16.0 Å². The van der Waals surface area contributed by atoms with Crippen LogP contribution >= 0.6 is 0 Å². The minimum atomic E-state index is 0.508. The summed E-state index contributed by atoms with van der Waals surface area (Å²) in [4.78, 5) is 11.8. The molecule has 144 valence electrons. The van der Waals surface area contributed by atoms with E-state index >= 15 is 0 Å². The molecular weight excluding hydrogens is 346 g/mol. The molecule has 1 aromatic heterocycles. The van der Waals surface area contributed by atoms with Crippen molar-refractivity contribution in [1.82, 2.24) is 9.97 Å². The number of nitrogens with one attached hydrogen (secondary N) is 1. The molecule has 0 atom stereocenters. The van der Waals surface area contributed by atoms with Gasteiger partial charge in [-0.1, -0.05) is 47.5 Å². The average Bonchev–Trinajstić information content (AvgIpc) is 2.71. The largest absolute Gasteiger partial charge is 0.383 e. The number of aromatic nitrogens is 2. The van der Waals surface area contributed by atoms with Gasteiger partial charge in [0.15, 0.2) is 0 Å². The zero-order valence-electron chi connectivity index (χ0n) is 16.6. The number of nitrogen functional groups attached to an aromatic ring is 1. The number of hydrogen-bond donors (Lipinski definition) is 2. The molecule has 3 N–H and O–H groups in total. The third kappa shape index (κ3) is 3.93. The number of piperidine rings is 1. The number of aryl methyl sites for hydroxylation is 2. The van der Waals surface area contributed by atoms with Gasteiger partial charge >= 0.3 is 0 Å². The van der Waals surface area contributed by atoms with Gasteiger partial charge in [-0.25, -0.2) is 0 Å². The Morgan fingerprint density at radius 2 is 1.43 bits per heavy atom. The molecule has 2 aromatic carbocycles. The molecule has 3 aromatic rings. The van der Waals surface area contributed by atoms with Gasteiger partial charge in [0.1, 0.15) is 11.6 Å². The fraction of sp³-hybridized carbons (Fsp3) is 0.304. The zero-order chi connectivity index (χ0) is 19.5. The Balaban J connectivity index is 1.76. The molecule has 28 heavy (non-hydrogen) atoms. The second-order valence-electron chi connectivity index (χ2n) is 7.54. The summed E-state index contributed by atoms with van der Waals surface area (Å²) in [6.07, 6.45) is 3.63. The first-order chi connectivity index (χ1) is 13.6. The van der Waals surface area contributed by atoms with Crippen molar-refractivity contribution in [2.75, 3.05) is 29.0 Å². The van der Waals surface area contributed by atoms with Crippen LogP contribution in [0.15, 0.2) is 48.5 Å². The van der Waals surface area contributed by atoms with Crippen LogP contribution in [0.5, 0.6) is 0 Å². The molecule has 2 heterocycles. The lowest BCUT2D eigenvalue weighted by molar-refractivity contribution is 0.574. The van der Waals surface area contributed by atoms with Gasteiger partial charge in [0, 0.05) is 18.8 Å². The number of nitrogens with two attached hydrogens (primary N) is 1. The summed E-state index contributed by atoms with van der Waals surface area (Å²) in [5.41, 5.74) is 11.8. The fourth-order valence-corrected chi connectivity index (χ4v) is 3.62. The summed E-state index contributed by atoms with van der Waals surface area (Å²) >= 11 is 0. The van der Waals surface area contributed by atoms with E-state index in [-0.39, 0.29) is 0 Å². The number of benzene rings is 2. The molecule has 1 saturated heterocycles. The minimum Gasteiger partial charge on any atom is -0.383 e. The van der Waals surface area contributed by atoms with E-state index in [1.807, 2.05) is 12.1 Å². The Bertz CT molecular complexity index is 942. The topological polar surface area (TPSA) is 67.1 Å². The molecule has 0 unspecified atom stereocenters. The predicted octanol–water partition coefficient (Wildman–Crippen LogP) is 5.08. The average molecular weight is 374 g/mol. The van der Waals surface area contributed by atoms with Gasteiger partial charge in [-0.2, -0.15) is 9.97 Å². The van der Waals surface area contributed by atoms with E-state index in [0.717, 1.165) is 35.7 Å². The van der Waals surface area contributed by atoms with Crippen molar-refractivity contribution in [2.45, 2.75) is 33.1 Å². The maximum atomic E-state index is 6.46. The van der Waals surface area contributed by atoms with Crippen molar-refractivity contribution in [2.24, 2.45) is 0 Å². The van der Waals surface area contributed by atoms with Crippen LogP contribution in [-0.2, 0) is 0 Å². The lowest BCUT2D eigenvalue weighted by atomic mass is 10.0. The highest BCUT2D eigenvalue weighted by Gasteiger charge is 2.21. The van der Waals surface area contributed by atoms with Crippen LogP contribution in [0.2, 0.25) is 0 Å². The monoisotopic (exact) mass is 373 g/mol. The van der Waals surface area contributed by atoms with Gasteiger partial charge in [-0.05, 0) is 50.8 Å². The molecule has 5 heteroatoms. The molecule has 0 saturated carbocycles. The Morgan fingerprint density at radius 1 is 0.821 bits per heavy atom. The molecule has 4 rings (SSSR count). The van der Waals surface area contributed by atoms with Crippen molar-refractivity contribution in [1.29, 1.82) is 0 Å². The van der Waals surface area contributed by atoms with Crippen molar-refractivity contribution < 1.29 is 0 Å². The van der Waals surface area contributed by atoms with Gasteiger partial charge in [-0.15, -0.1) is 0 Å². The Labute approximate surface area is 166 Å². The fourth-order valence-electron chi connectivity index (χ4n) is 3.62. The number of anilines is 4. The summed E-state index contributed by atoms with van der Waals surface area (Å²) in [6, 6.07) is 16.6. The summed E-state index contributed by atoms with van der Waals surface area (Å²) in [5, 5.41) is 3.31. The van der Waals surface area contributed by atoms with Crippen LogP contribution in [0.3, 0.4) is 0 Å². The van der Waals surface area contributed by atoms with Crippen LogP contribution in [0.4, 0.5) is 23.3 Å². The number of hydrogen-bond acceptors (Lipinski definition) is 5. The van der Waals surface area contributed by atoms with E-state index in [2.05, 4.69) is 65.4 Å². The number of rotatable bonds is 4. The Kier molecular flexibility index (Phi) is 5.15. The normalized spacial score (nSPS) is 14.1. The molecule has 0 bridgehead atoms. The van der Waals surface area contributed by atoms with Crippen molar-refractivity contribution in [3.63, 3.8) is 0 Å². The second kappa shape index (κ2) is 7.89. The Hall–Kier alpha value is -3.08. The van der Waals surface area contributed by atoms with E-state index in [0.29, 0.717) is 11.8 Å². The molecule has 1 fully saturated rings. The van der Waals surface area contributed by atoms with Crippen LogP contribution in [-0.4, -0.2) is 23.1 Å². The second-order valence-corrected chi connectivity index (χ2v) is 7.54. The Morgan fingerprint density at radius 3 is 2.07 bits per heavy atom. The highest BCUT2D eigenvalue weighted by Crippen LogP contribution is 2.36. The molecule has 1 aliphatic heterocycles. The molecular formula is C23H27N5. The smallest absolute Gasteiger partial charge is 0.231 e. The zero-order valence-corrected chi connectivity index (χ0v) is 16.6. The number of nitrogens with zero attached hydrogens (tertiary/aromatic N) is 3. The van der Waals surface area contributed by atoms with E-state index in [9.17, 15) is 0 Å². The summed E-state index contributed by atoms with van der Waals surface area (Å²) in [6.45, 7) is 6.16. The summed E-state index contributed by atoms with van der Waals surface area (Å²) in [7, 11) is 0. The standard InChI is InChI=1S/C23H27N5/c1-16-6-10-18(11-7-16)20-21(24)26-23(25-19-12-8-17(2)9-13-19)27-22(20)28-14-4-3-5-15-28/h6-13H,3-5,14-15H2,1-2H3,(H3,24,25,26,27). The van der Waals surface area contributed by atoms with Crippen LogP contribution < -0.4 is 16.0 Å². The van der Waals surface area contributed by atoms with E-state index in [1.165, 1.54) is 30.4 Å². The van der Waals surface area contributed by atoms with Gasteiger partial charge in [0.2, 0.25) is 5.95 Å². The highest BCUT2D eigenvalue weighted by atomic mass is 15.2. The van der Waals surface area contributed by atoms with Gasteiger partial charge in [0.05, 0.1) is 5.56 Å². The van der Waals surface area contributed by atoms with Gasteiger partial charge in [-0.3, -0.25) is 0 Å². The maximum absolute atomic E-state index is 6.46. The van der Waals surface area contributed by atoms with Crippen molar-refractivity contribution in [3.8, 4) is 11.1 Å². The summed E-state index contributed by atoms with van der Waals surface area (Å²) in [5.74, 6) is 1.97. The van der Waals surface area contributed by atoms with Crippen LogP contribution in [0, 0.1) is 13.8 Å². The maximum Gasteiger partial charge on any atom is 0.231 e. The van der Waals surface area contributed by atoms with Crippen LogP contribution in [0.1, 0.15) is 30.4 Å². The van der Waals surface area contributed by atoms with Gasteiger partial charge in [0.25, 0.3) is 0 Å². The molecule has 5 nitrogen and oxygen atoms in total. The van der Waals surface area contributed by atoms with Crippen molar-refractivity contribution in [3.05, 3.63) is 59.7 Å². The first-order valence-electron chi connectivity index (χ1n) is 9.93. The summed E-state index contributed by atoms with van der Waals surface area (Å²) < 4.78 is 0. The third-order valence-corrected chi connectivity index (χ3v) is 5.22.